The van der Waals surface area contributed by atoms with Gasteiger partial charge in [-0.25, -0.2) is 0 Å². The summed E-state index contributed by atoms with van der Waals surface area (Å²) in [6.45, 7) is 2.00. The molecule has 0 aliphatic heterocycles. The SMILES string of the molecule is CCCP(N)O. The van der Waals surface area contributed by atoms with Crippen molar-refractivity contribution in [2.24, 2.45) is 5.50 Å². The van der Waals surface area contributed by atoms with E-state index in [1.807, 2.05) is 6.92 Å². The number of hydrogen-bond donors (Lipinski definition) is 2. The van der Waals surface area contributed by atoms with E-state index in [2.05, 4.69) is 0 Å². The van der Waals surface area contributed by atoms with Gasteiger partial charge in [-0.1, -0.05) is 6.92 Å². The van der Waals surface area contributed by atoms with Crippen molar-refractivity contribution in [3.63, 3.8) is 0 Å². The Labute approximate surface area is 39.2 Å². The molecular formula is C3H10NOP. The molecule has 3 N–H and O–H groups in total. The lowest BCUT2D eigenvalue weighted by molar-refractivity contribution is 0.623. The molecule has 1 atom stereocenters. The van der Waals surface area contributed by atoms with Crippen molar-refractivity contribution in [2.75, 3.05) is 6.16 Å². The van der Waals surface area contributed by atoms with Crippen LogP contribution in [0.1, 0.15) is 13.3 Å². The van der Waals surface area contributed by atoms with Crippen LogP contribution in [-0.2, 0) is 0 Å². The van der Waals surface area contributed by atoms with E-state index in [4.69, 9.17) is 10.4 Å². The molecule has 0 heterocycles. The Bertz CT molecular complexity index is 32.0. The minimum absolute atomic E-state index is 0.773. The van der Waals surface area contributed by atoms with Gasteiger partial charge in [0.1, 0.15) is 0 Å². The topological polar surface area (TPSA) is 46.2 Å². The fraction of sp³-hybridized carbons (Fsp3) is 1.00. The van der Waals surface area contributed by atoms with E-state index in [1.54, 1.807) is 0 Å². The summed E-state index contributed by atoms with van der Waals surface area (Å²) in [7, 11) is -1.10. The summed E-state index contributed by atoms with van der Waals surface area (Å²) in [5.41, 5.74) is 5.02. The van der Waals surface area contributed by atoms with E-state index in [9.17, 15) is 0 Å². The van der Waals surface area contributed by atoms with Gasteiger partial charge in [-0.2, -0.15) is 0 Å². The summed E-state index contributed by atoms with van der Waals surface area (Å²) >= 11 is 0. The normalized spacial score (nSPS) is 14.5. The predicted octanol–water partition coefficient (Wildman–Crippen LogP) is 0.659. The molecule has 0 radical (unpaired) electrons. The highest BCUT2D eigenvalue weighted by Crippen LogP contribution is 2.17. The van der Waals surface area contributed by atoms with Gasteiger partial charge in [-0.05, 0) is 6.42 Å². The van der Waals surface area contributed by atoms with Crippen LogP contribution in [0.2, 0.25) is 0 Å². The van der Waals surface area contributed by atoms with Crippen molar-refractivity contribution in [1.82, 2.24) is 0 Å². The van der Waals surface area contributed by atoms with Gasteiger partial charge in [0.15, 0.2) is 0 Å². The average Bonchev–Trinajstić information content (AvgIpc) is 1.35. The number of hydrogen-bond acceptors (Lipinski definition) is 2. The molecule has 0 spiro atoms. The van der Waals surface area contributed by atoms with E-state index < -0.39 is 8.30 Å². The highest BCUT2D eigenvalue weighted by molar-refractivity contribution is 7.48. The molecule has 0 saturated heterocycles. The third kappa shape index (κ3) is 4.35. The molecule has 0 fully saturated rings. The quantitative estimate of drug-likeness (QED) is 0.509. The number of rotatable bonds is 2. The third-order valence-corrected chi connectivity index (χ3v) is 1.36. The van der Waals surface area contributed by atoms with Crippen molar-refractivity contribution in [1.29, 1.82) is 0 Å². The van der Waals surface area contributed by atoms with Gasteiger partial charge in [-0.15, -0.1) is 0 Å². The van der Waals surface area contributed by atoms with Crippen molar-refractivity contribution in [2.45, 2.75) is 13.3 Å². The zero-order valence-corrected chi connectivity index (χ0v) is 4.78. The van der Waals surface area contributed by atoms with E-state index in [-0.39, 0.29) is 0 Å². The first kappa shape index (κ1) is 6.35. The number of nitrogens with two attached hydrogens (primary N) is 1. The molecule has 6 heavy (non-hydrogen) atoms. The lowest BCUT2D eigenvalue weighted by atomic mass is 10.6. The molecule has 0 amide bonds. The highest BCUT2D eigenvalue weighted by atomic mass is 31.2. The standard InChI is InChI=1S/C3H10NOP/c1-2-3-6(4)5/h5H,2-4H2,1H3. The Morgan fingerprint density at radius 3 is 2.33 bits per heavy atom. The smallest absolute Gasteiger partial charge is 0.0948 e. The van der Waals surface area contributed by atoms with E-state index in [1.165, 1.54) is 0 Å². The van der Waals surface area contributed by atoms with Crippen molar-refractivity contribution < 1.29 is 4.89 Å². The Morgan fingerprint density at radius 2 is 2.33 bits per heavy atom. The molecule has 0 aromatic rings. The molecule has 38 valence electrons. The first-order valence-electron chi connectivity index (χ1n) is 1.98. The van der Waals surface area contributed by atoms with Crippen LogP contribution in [-0.4, -0.2) is 11.1 Å². The Kier molecular flexibility index (Phi) is 3.74. The highest BCUT2D eigenvalue weighted by Gasteiger charge is 1.87. The second-order valence-electron chi connectivity index (χ2n) is 1.16. The molecule has 0 aliphatic rings. The van der Waals surface area contributed by atoms with Crippen molar-refractivity contribution in [3.8, 4) is 0 Å². The van der Waals surface area contributed by atoms with E-state index in [0.29, 0.717) is 0 Å². The van der Waals surface area contributed by atoms with Crippen LogP contribution in [0.25, 0.3) is 0 Å². The van der Waals surface area contributed by atoms with Crippen LogP contribution in [0.4, 0.5) is 0 Å². The Balaban J connectivity index is 2.63. The summed E-state index contributed by atoms with van der Waals surface area (Å²) in [6.07, 6.45) is 1.76. The zero-order valence-electron chi connectivity index (χ0n) is 3.89. The Hall–Kier alpha value is 0.350. The summed E-state index contributed by atoms with van der Waals surface area (Å²) < 4.78 is 0. The molecule has 0 bridgehead atoms. The van der Waals surface area contributed by atoms with Gasteiger partial charge >= 0.3 is 0 Å². The van der Waals surface area contributed by atoms with Crippen LogP contribution in [0, 0.1) is 0 Å². The van der Waals surface area contributed by atoms with E-state index in [0.717, 1.165) is 12.6 Å². The zero-order chi connectivity index (χ0) is 4.99. The largest absolute Gasteiger partial charge is 0.359 e. The van der Waals surface area contributed by atoms with Crippen LogP contribution < -0.4 is 5.50 Å². The molecule has 2 nitrogen and oxygen atoms in total. The lowest BCUT2D eigenvalue weighted by Gasteiger charge is -1.95. The molecule has 0 rings (SSSR count). The lowest BCUT2D eigenvalue weighted by Crippen LogP contribution is -1.89. The predicted molar refractivity (Wildman–Crippen MR) is 28.5 cm³/mol. The maximum atomic E-state index is 8.39. The van der Waals surface area contributed by atoms with Crippen LogP contribution in [0.3, 0.4) is 0 Å². The molecule has 0 saturated carbocycles. The average molecular weight is 107 g/mol. The molecule has 0 aromatic heterocycles. The fourth-order valence-corrected chi connectivity index (χ4v) is 0.687. The summed E-state index contributed by atoms with van der Waals surface area (Å²) in [5.74, 6) is 0. The first-order valence-corrected chi connectivity index (χ1v) is 3.53. The van der Waals surface area contributed by atoms with Gasteiger partial charge in [0, 0.05) is 6.16 Å². The fourth-order valence-electron chi connectivity index (χ4n) is 0.229. The third-order valence-electron chi connectivity index (χ3n) is 0.453. The minimum Gasteiger partial charge on any atom is -0.359 e. The van der Waals surface area contributed by atoms with Gasteiger partial charge in [0.2, 0.25) is 0 Å². The molecule has 0 aliphatic carbocycles. The summed E-state index contributed by atoms with van der Waals surface area (Å²) in [4.78, 5) is 8.39. The van der Waals surface area contributed by atoms with Crippen molar-refractivity contribution in [3.05, 3.63) is 0 Å². The Morgan fingerprint density at radius 1 is 1.83 bits per heavy atom. The van der Waals surface area contributed by atoms with Gasteiger partial charge in [-0.3, -0.25) is 5.50 Å². The summed E-state index contributed by atoms with van der Waals surface area (Å²) in [5, 5.41) is 0. The minimum atomic E-state index is -1.10. The molecular weight excluding hydrogens is 97.0 g/mol. The van der Waals surface area contributed by atoms with Gasteiger partial charge in [0.25, 0.3) is 0 Å². The maximum absolute atomic E-state index is 8.39. The summed E-state index contributed by atoms with van der Waals surface area (Å²) in [6, 6.07) is 0. The monoisotopic (exact) mass is 107 g/mol. The first-order chi connectivity index (χ1) is 2.77. The maximum Gasteiger partial charge on any atom is 0.0948 e. The van der Waals surface area contributed by atoms with Gasteiger partial charge < -0.3 is 4.89 Å². The molecule has 0 aromatic carbocycles. The van der Waals surface area contributed by atoms with Crippen LogP contribution >= 0.6 is 8.30 Å². The second kappa shape index (κ2) is 3.54. The molecule has 3 heteroatoms. The molecule has 1 unspecified atom stereocenters. The van der Waals surface area contributed by atoms with Gasteiger partial charge in [0.05, 0.1) is 8.30 Å². The second-order valence-corrected chi connectivity index (χ2v) is 2.49. The van der Waals surface area contributed by atoms with Crippen LogP contribution in [0.15, 0.2) is 0 Å². The van der Waals surface area contributed by atoms with Crippen molar-refractivity contribution >= 4 is 8.30 Å². The van der Waals surface area contributed by atoms with E-state index >= 15 is 0 Å². The van der Waals surface area contributed by atoms with Crippen LogP contribution in [0.5, 0.6) is 0 Å².